The number of hydrogen-bond acceptors (Lipinski definition) is 11. The van der Waals surface area contributed by atoms with Crippen molar-refractivity contribution in [2.45, 2.75) is 88.5 Å². The number of nitrogens with zero attached hydrogens (tertiary/aromatic N) is 1. The van der Waals surface area contributed by atoms with Crippen LogP contribution in [-0.4, -0.2) is 121 Å². The van der Waals surface area contributed by atoms with Crippen LogP contribution in [0.1, 0.15) is 61.6 Å². The van der Waals surface area contributed by atoms with Gasteiger partial charge < -0.3 is 62.9 Å². The molecule has 73 heavy (non-hydrogen) atoms. The Morgan fingerprint density at radius 1 is 0.836 bits per heavy atom. The summed E-state index contributed by atoms with van der Waals surface area (Å²) < 4.78 is 11.0. The summed E-state index contributed by atoms with van der Waals surface area (Å²) >= 11 is 0. The van der Waals surface area contributed by atoms with E-state index in [1.54, 1.807) is 43.6 Å². The molecule has 19 nitrogen and oxygen atoms in total. The third-order valence-electron chi connectivity index (χ3n) is 13.4. The van der Waals surface area contributed by atoms with Crippen molar-refractivity contribution in [3.63, 3.8) is 0 Å². The first kappa shape index (κ1) is 53.3. The predicted octanol–water partition coefficient (Wildman–Crippen LogP) is 3.55. The van der Waals surface area contributed by atoms with Gasteiger partial charge in [0.15, 0.2) is 5.96 Å². The number of ether oxygens (including phenoxy) is 2. The Morgan fingerprint density at radius 2 is 1.55 bits per heavy atom. The van der Waals surface area contributed by atoms with Crippen molar-refractivity contribution in [1.82, 2.24) is 36.5 Å². The highest BCUT2D eigenvalue weighted by Gasteiger charge is 2.33. The number of phenolic OH excluding ortho intramolecular Hbond substituents is 1. The average Bonchev–Trinajstić information content (AvgIpc) is 3.79. The number of aromatic nitrogens is 1. The number of guanidine groups is 1. The highest BCUT2D eigenvalue weighted by molar-refractivity contribution is 5.98. The monoisotopic (exact) mass is 1000 g/mol. The molecule has 5 amide bonds. The van der Waals surface area contributed by atoms with Crippen LogP contribution in [0.25, 0.3) is 22.0 Å². The third-order valence-corrected chi connectivity index (χ3v) is 13.4. The quantitative estimate of drug-likeness (QED) is 0.0255. The zero-order valence-corrected chi connectivity index (χ0v) is 41.3. The van der Waals surface area contributed by atoms with E-state index in [2.05, 4.69) is 41.8 Å². The van der Waals surface area contributed by atoms with Crippen molar-refractivity contribution in [2.24, 2.45) is 17.4 Å². The van der Waals surface area contributed by atoms with E-state index in [9.17, 15) is 29.1 Å². The van der Waals surface area contributed by atoms with Crippen LogP contribution in [0.5, 0.6) is 11.5 Å². The van der Waals surface area contributed by atoms with Crippen LogP contribution in [0.2, 0.25) is 0 Å². The normalized spacial score (nSPS) is 17.1. The molecule has 388 valence electrons. The summed E-state index contributed by atoms with van der Waals surface area (Å²) in [5.74, 6) is -2.63. The number of carbonyl (C=O) groups excluding carboxylic acids is 5. The highest BCUT2D eigenvalue weighted by atomic mass is 16.5. The van der Waals surface area contributed by atoms with Gasteiger partial charge in [-0.25, -0.2) is 0 Å². The zero-order valence-electron chi connectivity index (χ0n) is 41.3. The van der Waals surface area contributed by atoms with Gasteiger partial charge in [0.2, 0.25) is 29.5 Å². The molecule has 0 spiro atoms. The molecule has 7 rings (SSSR count). The number of hydrogen-bond donors (Lipinski definition) is 11. The van der Waals surface area contributed by atoms with Crippen molar-refractivity contribution in [3.8, 4) is 22.6 Å². The summed E-state index contributed by atoms with van der Waals surface area (Å²) in [6.07, 6.45) is 5.45. The van der Waals surface area contributed by atoms with E-state index < -0.39 is 47.7 Å². The Bertz CT molecular complexity index is 2670. The van der Waals surface area contributed by atoms with Crippen LogP contribution in [0.3, 0.4) is 0 Å². The van der Waals surface area contributed by atoms with Crippen molar-refractivity contribution in [3.05, 3.63) is 114 Å². The molecule has 19 heteroatoms. The molecule has 1 aliphatic heterocycles. The van der Waals surface area contributed by atoms with Gasteiger partial charge in [-0.2, -0.15) is 0 Å². The van der Waals surface area contributed by atoms with Crippen LogP contribution in [0.4, 0.5) is 5.69 Å². The topological polar surface area (TPSA) is 291 Å². The standard InChI is InChI=1S/C54H69N11O8/c1-72-48-11-3-2-9-42(48)36-16-12-34(13-17-36)27-46(64-53(71)47(63-50(68)37-7-6-8-39(55)28-37)29-38-31-59-44-21-20-41(66)30-43(38)44)52(70)62-45(10-4-5-22-58-54(56)57)51(69)60-32-49(67)61-40-18-14-35(15-19-40)33-65-23-25-73-26-24-65/h2-3,9,11-21,30-31,37,39,45-47,59,66H,4-8,10,22-29,32-33,55H2,1H3,(H,60,69)(H,61,67)(H,62,70)(H,63,68)(H,64,71)(H4,56,57,58)/t37-,39-,45-,46-,47-/m0/s1. The van der Waals surface area contributed by atoms with Crippen LogP contribution in [0.15, 0.2) is 97.2 Å². The lowest BCUT2D eigenvalue weighted by molar-refractivity contribution is -0.134. The second-order valence-electron chi connectivity index (χ2n) is 18.8. The number of carbonyl (C=O) groups is 5. The minimum atomic E-state index is -1.26. The van der Waals surface area contributed by atoms with Gasteiger partial charge in [-0.3, -0.25) is 34.3 Å². The average molecular weight is 1000 g/mol. The maximum atomic E-state index is 14.8. The van der Waals surface area contributed by atoms with E-state index in [0.29, 0.717) is 73.4 Å². The second-order valence-corrected chi connectivity index (χ2v) is 18.8. The first-order valence-electron chi connectivity index (χ1n) is 25.0. The van der Waals surface area contributed by atoms with Crippen molar-refractivity contribution in [1.29, 1.82) is 5.41 Å². The maximum absolute atomic E-state index is 14.8. The minimum absolute atomic E-state index is 0.00655. The summed E-state index contributed by atoms with van der Waals surface area (Å²) in [5, 5.41) is 35.6. The van der Waals surface area contributed by atoms with Crippen molar-refractivity contribution in [2.75, 3.05) is 51.8 Å². The van der Waals surface area contributed by atoms with E-state index in [1.165, 1.54) is 0 Å². The maximum Gasteiger partial charge on any atom is 0.243 e. The van der Waals surface area contributed by atoms with Gasteiger partial charge >= 0.3 is 0 Å². The number of H-pyrrole nitrogens is 1. The summed E-state index contributed by atoms with van der Waals surface area (Å²) in [5.41, 5.74) is 17.2. The van der Waals surface area contributed by atoms with Gasteiger partial charge in [0, 0.05) is 79.3 Å². The van der Waals surface area contributed by atoms with Crippen LogP contribution in [-0.2, 0) is 48.1 Å². The number of anilines is 1. The van der Waals surface area contributed by atoms with Crippen LogP contribution >= 0.6 is 0 Å². The number of unbranched alkanes of at least 4 members (excludes halogenated alkanes) is 1. The number of benzene rings is 4. The van der Waals surface area contributed by atoms with E-state index in [4.69, 9.17) is 26.4 Å². The Kier molecular flexibility index (Phi) is 19.2. The summed E-state index contributed by atoms with van der Waals surface area (Å²) in [7, 11) is 1.60. The first-order chi connectivity index (χ1) is 35.3. The number of methoxy groups -OCH3 is 1. The summed E-state index contributed by atoms with van der Waals surface area (Å²) in [6, 6.07) is 23.7. The molecule has 2 aliphatic rings. The van der Waals surface area contributed by atoms with Gasteiger partial charge in [-0.15, -0.1) is 0 Å². The number of nitrogens with one attached hydrogen (secondary N) is 8. The molecule has 5 aromatic rings. The molecule has 0 bridgehead atoms. The van der Waals surface area contributed by atoms with Gasteiger partial charge in [0.05, 0.1) is 26.9 Å². The lowest BCUT2D eigenvalue weighted by Crippen LogP contribution is -2.58. The summed E-state index contributed by atoms with van der Waals surface area (Å²) in [6.45, 7) is 3.81. The Morgan fingerprint density at radius 3 is 2.27 bits per heavy atom. The molecular weight excluding hydrogens is 931 g/mol. The van der Waals surface area contributed by atoms with Crippen molar-refractivity contribution < 1.29 is 38.6 Å². The molecule has 2 heterocycles. The number of fused-ring (bicyclic) bond motifs is 1. The van der Waals surface area contributed by atoms with Gasteiger partial charge in [-0.05, 0) is 97.2 Å². The molecule has 1 saturated carbocycles. The van der Waals surface area contributed by atoms with Crippen LogP contribution in [0, 0.1) is 11.3 Å². The molecule has 1 aromatic heterocycles. The Balaban J connectivity index is 1.11. The van der Waals surface area contributed by atoms with E-state index in [-0.39, 0.29) is 49.5 Å². The molecular formula is C54H69N11O8. The highest BCUT2D eigenvalue weighted by Crippen LogP contribution is 2.30. The SMILES string of the molecule is COc1ccccc1-c1ccc(C[C@H](NC(=O)[C@H](Cc2c[nH]c3ccc(O)cc23)NC(=O)[C@H]2CCC[C@H](N)C2)C(=O)N[C@@H](CCCCNC(=N)N)C(=O)NCC(=O)Nc2ccc(CN3CCOCC3)cc2)cc1. The summed E-state index contributed by atoms with van der Waals surface area (Å²) in [4.78, 5) is 76.1. The van der Waals surface area contributed by atoms with E-state index >= 15 is 0 Å². The van der Waals surface area contributed by atoms with Gasteiger partial charge in [0.1, 0.15) is 29.6 Å². The van der Waals surface area contributed by atoms with E-state index in [0.717, 1.165) is 54.7 Å². The fourth-order valence-electron chi connectivity index (χ4n) is 9.38. The molecule has 2 fully saturated rings. The fraction of sp³-hybridized carbons (Fsp3) is 0.407. The Hall–Kier alpha value is -7.48. The smallest absolute Gasteiger partial charge is 0.243 e. The predicted molar refractivity (Wildman–Crippen MR) is 279 cm³/mol. The number of morpholine rings is 1. The number of phenols is 1. The third kappa shape index (κ3) is 15.8. The molecule has 0 radical (unpaired) electrons. The molecule has 1 aliphatic carbocycles. The number of amides is 5. The largest absolute Gasteiger partial charge is 0.508 e. The number of para-hydroxylation sites is 1. The molecule has 13 N–H and O–H groups in total. The minimum Gasteiger partial charge on any atom is -0.508 e. The number of nitrogens with two attached hydrogens (primary N) is 2. The Labute approximate surface area is 425 Å². The first-order valence-corrected chi connectivity index (χ1v) is 25.0. The van der Waals surface area contributed by atoms with Crippen molar-refractivity contribution >= 4 is 52.1 Å². The van der Waals surface area contributed by atoms with E-state index in [1.807, 2.05) is 60.7 Å². The molecule has 4 aromatic carbocycles. The zero-order chi connectivity index (χ0) is 51.7. The lowest BCUT2D eigenvalue weighted by atomic mass is 9.85. The number of rotatable bonds is 23. The fourth-order valence-corrected chi connectivity index (χ4v) is 9.38. The number of aromatic amines is 1. The molecule has 1 saturated heterocycles. The number of aromatic hydroxyl groups is 1. The molecule has 5 atom stereocenters. The lowest BCUT2D eigenvalue weighted by Gasteiger charge is -2.29. The van der Waals surface area contributed by atoms with Gasteiger partial charge in [-0.1, -0.05) is 61.0 Å². The second kappa shape index (κ2) is 26.3. The molecule has 0 unspecified atom stereocenters. The van der Waals surface area contributed by atoms with Crippen LogP contribution < -0.4 is 48.1 Å². The van der Waals surface area contributed by atoms with Gasteiger partial charge in [0.25, 0.3) is 0 Å².